The lowest BCUT2D eigenvalue weighted by Crippen LogP contribution is -2.35. The molecule has 96 valence electrons. The van der Waals surface area contributed by atoms with Crippen molar-refractivity contribution in [3.05, 3.63) is 27.7 Å². The van der Waals surface area contributed by atoms with Crippen LogP contribution in [0.15, 0.2) is 22.7 Å². The first kappa shape index (κ1) is 16.7. The van der Waals surface area contributed by atoms with Crippen molar-refractivity contribution in [2.24, 2.45) is 5.73 Å². The van der Waals surface area contributed by atoms with Crippen molar-refractivity contribution in [1.82, 2.24) is 0 Å². The fraction of sp³-hybridized carbons (Fsp3) is 0.364. The zero-order chi connectivity index (χ0) is 12.1. The van der Waals surface area contributed by atoms with E-state index < -0.39 is 6.04 Å². The van der Waals surface area contributed by atoms with Gasteiger partial charge in [-0.1, -0.05) is 24.9 Å². The molecule has 0 aliphatic rings. The molecule has 0 spiro atoms. The Bertz CT molecular complexity index is 388. The van der Waals surface area contributed by atoms with Gasteiger partial charge in [-0.3, -0.25) is 4.79 Å². The molecule has 0 aliphatic carbocycles. The minimum Gasteiger partial charge on any atom is -0.325 e. The van der Waals surface area contributed by atoms with E-state index in [1.54, 1.807) is 18.2 Å². The van der Waals surface area contributed by atoms with Gasteiger partial charge in [0, 0.05) is 10.2 Å². The zero-order valence-electron chi connectivity index (χ0n) is 9.37. The summed E-state index contributed by atoms with van der Waals surface area (Å²) < 4.78 is 0.746. The van der Waals surface area contributed by atoms with Gasteiger partial charge < -0.3 is 11.1 Å². The summed E-state index contributed by atoms with van der Waals surface area (Å²) in [5, 5.41) is 3.35. The smallest absolute Gasteiger partial charge is 0.241 e. The third-order valence-electron chi connectivity index (χ3n) is 2.12. The second-order valence-corrected chi connectivity index (χ2v) is 4.77. The van der Waals surface area contributed by atoms with Crippen molar-refractivity contribution in [3.63, 3.8) is 0 Å². The monoisotopic (exact) mass is 340 g/mol. The maximum absolute atomic E-state index is 11.6. The maximum atomic E-state index is 11.6. The van der Waals surface area contributed by atoms with Gasteiger partial charge in [-0.2, -0.15) is 0 Å². The summed E-state index contributed by atoms with van der Waals surface area (Å²) in [4.78, 5) is 11.6. The molecular weight excluding hydrogens is 327 g/mol. The van der Waals surface area contributed by atoms with Crippen molar-refractivity contribution in [2.45, 2.75) is 25.8 Å². The predicted molar refractivity (Wildman–Crippen MR) is 77.9 cm³/mol. The summed E-state index contributed by atoms with van der Waals surface area (Å²) in [6, 6.07) is 4.74. The first-order valence-electron chi connectivity index (χ1n) is 5.06. The molecule has 0 heterocycles. The minimum atomic E-state index is -0.459. The van der Waals surface area contributed by atoms with Gasteiger partial charge in [-0.25, -0.2) is 0 Å². The molecule has 0 saturated carbocycles. The molecule has 1 amide bonds. The molecule has 0 fully saturated rings. The number of benzene rings is 1. The van der Waals surface area contributed by atoms with Gasteiger partial charge in [-0.05, 0) is 40.5 Å². The van der Waals surface area contributed by atoms with Crippen molar-refractivity contribution >= 4 is 51.5 Å². The Labute approximate surface area is 121 Å². The van der Waals surface area contributed by atoms with Crippen LogP contribution in [0.5, 0.6) is 0 Å². The van der Waals surface area contributed by atoms with E-state index in [2.05, 4.69) is 21.2 Å². The third-order valence-corrected chi connectivity index (χ3v) is 3.34. The number of amides is 1. The van der Waals surface area contributed by atoms with Crippen LogP contribution in [0.3, 0.4) is 0 Å². The van der Waals surface area contributed by atoms with Crippen LogP contribution in [-0.2, 0) is 4.79 Å². The third kappa shape index (κ3) is 5.25. The molecule has 3 N–H and O–H groups in total. The minimum absolute atomic E-state index is 0. The predicted octanol–water partition coefficient (Wildman–Crippen LogP) is 3.59. The van der Waals surface area contributed by atoms with E-state index in [-0.39, 0.29) is 18.3 Å². The average molecular weight is 342 g/mol. The molecule has 0 aromatic heterocycles. The Hall–Kier alpha value is -0.290. The fourth-order valence-corrected chi connectivity index (χ4v) is 1.75. The standard InChI is InChI=1S/C11H14BrClN2O.ClH/c1-2-3-10(14)11(16)15-7-4-5-9(13)8(12)6-7;/h4-6,10H,2-3,14H2,1H3,(H,15,16);1H. The van der Waals surface area contributed by atoms with Crippen LogP contribution in [0.4, 0.5) is 5.69 Å². The van der Waals surface area contributed by atoms with E-state index in [1.165, 1.54) is 0 Å². The van der Waals surface area contributed by atoms with Gasteiger partial charge in [0.2, 0.25) is 5.91 Å². The van der Waals surface area contributed by atoms with Gasteiger partial charge >= 0.3 is 0 Å². The van der Waals surface area contributed by atoms with Gasteiger partial charge in [0.25, 0.3) is 0 Å². The number of nitrogens with one attached hydrogen (secondary N) is 1. The Morgan fingerprint density at radius 1 is 1.59 bits per heavy atom. The van der Waals surface area contributed by atoms with Crippen molar-refractivity contribution in [1.29, 1.82) is 0 Å². The summed E-state index contributed by atoms with van der Waals surface area (Å²) in [5.41, 5.74) is 6.38. The van der Waals surface area contributed by atoms with Crippen LogP contribution in [0.25, 0.3) is 0 Å². The first-order valence-corrected chi connectivity index (χ1v) is 6.23. The second-order valence-electron chi connectivity index (χ2n) is 3.51. The number of nitrogens with two attached hydrogens (primary N) is 1. The second kappa shape index (κ2) is 7.93. The van der Waals surface area contributed by atoms with Gasteiger partial charge in [-0.15, -0.1) is 12.4 Å². The van der Waals surface area contributed by atoms with Crippen LogP contribution in [0.2, 0.25) is 5.02 Å². The van der Waals surface area contributed by atoms with E-state index in [4.69, 9.17) is 17.3 Å². The number of hydrogen-bond donors (Lipinski definition) is 2. The molecule has 0 bridgehead atoms. The highest BCUT2D eigenvalue weighted by molar-refractivity contribution is 9.10. The molecule has 1 unspecified atom stereocenters. The molecule has 17 heavy (non-hydrogen) atoms. The zero-order valence-corrected chi connectivity index (χ0v) is 12.5. The lowest BCUT2D eigenvalue weighted by Gasteiger charge is -2.11. The lowest BCUT2D eigenvalue weighted by molar-refractivity contribution is -0.117. The number of carbonyl (C=O) groups is 1. The molecule has 6 heteroatoms. The van der Waals surface area contributed by atoms with Gasteiger partial charge in [0.1, 0.15) is 0 Å². The number of halogens is 3. The van der Waals surface area contributed by atoms with Crippen LogP contribution in [0, 0.1) is 0 Å². The molecule has 0 aliphatic heterocycles. The molecule has 1 aromatic rings. The molecule has 1 rings (SSSR count). The highest BCUT2D eigenvalue weighted by atomic mass is 79.9. The van der Waals surface area contributed by atoms with E-state index in [0.29, 0.717) is 17.1 Å². The van der Waals surface area contributed by atoms with E-state index in [9.17, 15) is 4.79 Å². The molecule has 3 nitrogen and oxygen atoms in total. The summed E-state index contributed by atoms with van der Waals surface area (Å²) in [6.07, 6.45) is 1.57. The number of hydrogen-bond acceptors (Lipinski definition) is 2. The highest BCUT2D eigenvalue weighted by Crippen LogP contribution is 2.25. The molecule has 1 aromatic carbocycles. The van der Waals surface area contributed by atoms with E-state index in [0.717, 1.165) is 10.9 Å². The SMILES string of the molecule is CCCC(N)C(=O)Nc1ccc(Cl)c(Br)c1.Cl. The maximum Gasteiger partial charge on any atom is 0.241 e. The Kier molecular flexibility index (Phi) is 7.79. The highest BCUT2D eigenvalue weighted by Gasteiger charge is 2.12. The Balaban J connectivity index is 0.00000256. The number of carbonyl (C=O) groups excluding carboxylic acids is 1. The number of rotatable bonds is 4. The van der Waals surface area contributed by atoms with Crippen LogP contribution in [0.1, 0.15) is 19.8 Å². The summed E-state index contributed by atoms with van der Waals surface area (Å²) in [5.74, 6) is -0.170. The van der Waals surface area contributed by atoms with Crippen molar-refractivity contribution in [3.8, 4) is 0 Å². The van der Waals surface area contributed by atoms with E-state index in [1.807, 2.05) is 6.92 Å². The van der Waals surface area contributed by atoms with Crippen molar-refractivity contribution in [2.75, 3.05) is 5.32 Å². The van der Waals surface area contributed by atoms with E-state index >= 15 is 0 Å². The number of anilines is 1. The van der Waals surface area contributed by atoms with Crippen LogP contribution >= 0.6 is 39.9 Å². The average Bonchev–Trinajstić information content (AvgIpc) is 2.24. The van der Waals surface area contributed by atoms with Crippen molar-refractivity contribution < 1.29 is 4.79 Å². The lowest BCUT2D eigenvalue weighted by atomic mass is 10.1. The largest absolute Gasteiger partial charge is 0.325 e. The summed E-state index contributed by atoms with van der Waals surface area (Å²) in [6.45, 7) is 1.99. The van der Waals surface area contributed by atoms with Crippen LogP contribution < -0.4 is 11.1 Å². The Morgan fingerprint density at radius 2 is 2.24 bits per heavy atom. The molecule has 1 atom stereocenters. The molecule has 0 saturated heterocycles. The normalized spacial score (nSPS) is 11.5. The molecular formula is C11H15BrCl2N2O. The first-order chi connectivity index (χ1) is 7.54. The van der Waals surface area contributed by atoms with Crippen LogP contribution in [-0.4, -0.2) is 11.9 Å². The summed E-state index contributed by atoms with van der Waals surface area (Å²) >= 11 is 9.13. The summed E-state index contributed by atoms with van der Waals surface area (Å²) in [7, 11) is 0. The van der Waals surface area contributed by atoms with Gasteiger partial charge in [0.15, 0.2) is 0 Å². The topological polar surface area (TPSA) is 55.1 Å². The quantitative estimate of drug-likeness (QED) is 0.879. The Morgan fingerprint density at radius 3 is 2.76 bits per heavy atom. The molecule has 0 radical (unpaired) electrons. The fourth-order valence-electron chi connectivity index (χ4n) is 1.25. The van der Waals surface area contributed by atoms with Gasteiger partial charge in [0.05, 0.1) is 11.1 Å².